The lowest BCUT2D eigenvalue weighted by Crippen LogP contribution is -2.00. The van der Waals surface area contributed by atoms with Gasteiger partial charge in [-0.1, -0.05) is 18.6 Å². The van der Waals surface area contributed by atoms with Crippen LogP contribution in [0.25, 0.3) is 0 Å². The Morgan fingerprint density at radius 2 is 2.00 bits per heavy atom. The van der Waals surface area contributed by atoms with Gasteiger partial charge in [-0.15, -0.1) is 5.73 Å². The van der Waals surface area contributed by atoms with Crippen LogP contribution in [0, 0.1) is 11.3 Å². The molecule has 90 valence electrons. The lowest BCUT2D eigenvalue weighted by atomic mass is 9.98. The van der Waals surface area contributed by atoms with E-state index in [1.54, 1.807) is 0 Å². The summed E-state index contributed by atoms with van der Waals surface area (Å²) < 4.78 is 0. The molecule has 2 atom stereocenters. The van der Waals surface area contributed by atoms with E-state index in [-0.39, 0.29) is 12.0 Å². The Kier molecular flexibility index (Phi) is 4.18. The maximum Gasteiger partial charge on any atom is 0.0511 e. The minimum atomic E-state index is 0.192. The highest BCUT2D eigenvalue weighted by molar-refractivity contribution is 5.37. The highest BCUT2D eigenvalue weighted by atomic mass is 16.3. The second-order valence-electron chi connectivity index (χ2n) is 5.51. The van der Waals surface area contributed by atoms with Crippen molar-refractivity contribution >= 4 is 0 Å². The molecule has 1 aliphatic carbocycles. The Balaban J connectivity index is 2.72. The standard InChI is InChI=1S/C15H24O/c1-11(2)7-6-8-15(5)13(9-12(3)4)14(15)10-16/h7,14,16H,6,8,10H2,1-5H3/t14-,15-/m0/s1. The van der Waals surface area contributed by atoms with Crippen LogP contribution in [0.1, 0.15) is 47.5 Å². The third-order valence-electron chi connectivity index (χ3n) is 3.43. The highest BCUT2D eigenvalue weighted by Gasteiger charge is 2.54. The summed E-state index contributed by atoms with van der Waals surface area (Å²) in [5.74, 6) is 0.341. The maximum absolute atomic E-state index is 9.35. The molecule has 0 aromatic carbocycles. The van der Waals surface area contributed by atoms with Gasteiger partial charge in [0.05, 0.1) is 6.61 Å². The van der Waals surface area contributed by atoms with Crippen LogP contribution in [-0.4, -0.2) is 11.7 Å². The average molecular weight is 220 g/mol. The summed E-state index contributed by atoms with van der Waals surface area (Å²) in [7, 11) is 0. The van der Waals surface area contributed by atoms with Gasteiger partial charge in [-0.25, -0.2) is 0 Å². The van der Waals surface area contributed by atoms with E-state index in [1.807, 2.05) is 0 Å². The van der Waals surface area contributed by atoms with E-state index in [4.69, 9.17) is 0 Å². The molecule has 0 unspecified atom stereocenters. The number of hydrogen-bond donors (Lipinski definition) is 1. The van der Waals surface area contributed by atoms with Crippen LogP contribution >= 0.6 is 0 Å². The molecule has 16 heavy (non-hydrogen) atoms. The van der Waals surface area contributed by atoms with Gasteiger partial charge in [-0.3, -0.25) is 0 Å². The van der Waals surface area contributed by atoms with Crippen LogP contribution in [0.15, 0.2) is 28.5 Å². The fourth-order valence-electron chi connectivity index (χ4n) is 2.33. The molecule has 0 aliphatic heterocycles. The second kappa shape index (κ2) is 5.03. The fourth-order valence-corrected chi connectivity index (χ4v) is 2.33. The Hall–Kier alpha value is -0.780. The highest BCUT2D eigenvalue weighted by Crippen LogP contribution is 2.60. The summed E-state index contributed by atoms with van der Waals surface area (Å²) in [6, 6.07) is 0. The van der Waals surface area contributed by atoms with Crippen LogP contribution in [0.2, 0.25) is 0 Å². The van der Waals surface area contributed by atoms with Crippen molar-refractivity contribution in [3.05, 3.63) is 28.5 Å². The molecule has 1 heteroatoms. The van der Waals surface area contributed by atoms with Crippen LogP contribution in [0.4, 0.5) is 0 Å². The number of aliphatic hydroxyl groups excluding tert-OH is 1. The van der Waals surface area contributed by atoms with Gasteiger partial charge >= 0.3 is 0 Å². The topological polar surface area (TPSA) is 20.2 Å². The molecule has 1 aliphatic rings. The minimum Gasteiger partial charge on any atom is -0.396 e. The van der Waals surface area contributed by atoms with Crippen molar-refractivity contribution in [3.8, 4) is 0 Å². The number of hydrogen-bond acceptors (Lipinski definition) is 1. The van der Waals surface area contributed by atoms with E-state index in [0.717, 1.165) is 12.8 Å². The van der Waals surface area contributed by atoms with E-state index in [9.17, 15) is 5.11 Å². The SMILES string of the molecule is CC(C)=C=C1[C@H](CO)[C@@]1(C)CCC=C(C)C. The van der Waals surface area contributed by atoms with Crippen molar-refractivity contribution in [2.24, 2.45) is 11.3 Å². The smallest absolute Gasteiger partial charge is 0.0511 e. The zero-order valence-electron chi connectivity index (χ0n) is 11.2. The van der Waals surface area contributed by atoms with Crippen LogP contribution < -0.4 is 0 Å². The summed E-state index contributed by atoms with van der Waals surface area (Å²) in [4.78, 5) is 0. The number of allylic oxidation sites excluding steroid dienone is 2. The van der Waals surface area contributed by atoms with Gasteiger partial charge < -0.3 is 5.11 Å². The van der Waals surface area contributed by atoms with E-state index in [0.29, 0.717) is 5.92 Å². The molecule has 0 spiro atoms. The van der Waals surface area contributed by atoms with Crippen molar-refractivity contribution in [3.63, 3.8) is 0 Å². The molecule has 0 radical (unpaired) electrons. The predicted molar refractivity (Wildman–Crippen MR) is 69.2 cm³/mol. The quantitative estimate of drug-likeness (QED) is 0.563. The first-order valence-electron chi connectivity index (χ1n) is 6.10. The zero-order chi connectivity index (χ0) is 12.3. The van der Waals surface area contributed by atoms with E-state index >= 15 is 0 Å². The zero-order valence-corrected chi connectivity index (χ0v) is 11.2. The normalized spacial score (nSPS) is 27.4. The molecule has 0 aromatic heterocycles. The summed E-state index contributed by atoms with van der Waals surface area (Å²) in [5, 5.41) is 9.35. The van der Waals surface area contributed by atoms with Crippen molar-refractivity contribution < 1.29 is 5.11 Å². The van der Waals surface area contributed by atoms with Gasteiger partial charge in [0.2, 0.25) is 0 Å². The van der Waals surface area contributed by atoms with E-state index < -0.39 is 0 Å². The van der Waals surface area contributed by atoms with Crippen LogP contribution in [0.5, 0.6) is 0 Å². The van der Waals surface area contributed by atoms with E-state index in [2.05, 4.69) is 46.4 Å². The Morgan fingerprint density at radius 3 is 2.44 bits per heavy atom. The molecular weight excluding hydrogens is 196 g/mol. The van der Waals surface area contributed by atoms with Crippen molar-refractivity contribution in [2.75, 3.05) is 6.61 Å². The first-order valence-corrected chi connectivity index (χ1v) is 6.10. The minimum absolute atomic E-state index is 0.192. The van der Waals surface area contributed by atoms with Gasteiger partial charge in [0.25, 0.3) is 0 Å². The van der Waals surface area contributed by atoms with Gasteiger partial charge in [0, 0.05) is 11.3 Å². The fraction of sp³-hybridized carbons (Fsp3) is 0.667. The summed E-state index contributed by atoms with van der Waals surface area (Å²) in [6.07, 6.45) is 4.50. The molecular formula is C15H24O. The van der Waals surface area contributed by atoms with E-state index in [1.165, 1.54) is 16.7 Å². The van der Waals surface area contributed by atoms with Crippen LogP contribution in [-0.2, 0) is 0 Å². The molecule has 0 bridgehead atoms. The predicted octanol–water partition coefficient (Wildman–Crippen LogP) is 3.85. The number of aliphatic hydroxyl groups is 1. The first-order chi connectivity index (χ1) is 7.41. The average Bonchev–Trinajstić information content (AvgIpc) is 2.68. The van der Waals surface area contributed by atoms with Crippen LogP contribution in [0.3, 0.4) is 0 Å². The lowest BCUT2D eigenvalue weighted by molar-refractivity contribution is 0.251. The molecule has 1 rings (SSSR count). The maximum atomic E-state index is 9.35. The second-order valence-corrected chi connectivity index (χ2v) is 5.51. The molecule has 1 saturated carbocycles. The number of rotatable bonds is 4. The summed E-state index contributed by atoms with van der Waals surface area (Å²) >= 11 is 0. The third kappa shape index (κ3) is 2.87. The van der Waals surface area contributed by atoms with Gasteiger partial charge in [-0.05, 0) is 51.7 Å². The largest absolute Gasteiger partial charge is 0.396 e. The molecule has 0 heterocycles. The molecule has 1 N–H and O–H groups in total. The Bertz CT molecular complexity index is 348. The van der Waals surface area contributed by atoms with Gasteiger partial charge in [0.1, 0.15) is 0 Å². The Labute approximate surface area is 99.6 Å². The summed E-state index contributed by atoms with van der Waals surface area (Å²) in [6.45, 7) is 10.9. The molecule has 0 saturated heterocycles. The molecule has 1 nitrogen and oxygen atoms in total. The van der Waals surface area contributed by atoms with Gasteiger partial charge in [0.15, 0.2) is 0 Å². The lowest BCUT2D eigenvalue weighted by Gasteiger charge is -2.06. The van der Waals surface area contributed by atoms with Crippen molar-refractivity contribution in [1.29, 1.82) is 0 Å². The first kappa shape index (κ1) is 13.3. The monoisotopic (exact) mass is 220 g/mol. The van der Waals surface area contributed by atoms with Crippen molar-refractivity contribution in [1.82, 2.24) is 0 Å². The molecule has 1 fully saturated rings. The van der Waals surface area contributed by atoms with Crippen molar-refractivity contribution in [2.45, 2.75) is 47.5 Å². The summed E-state index contributed by atoms with van der Waals surface area (Å²) in [5.41, 5.74) is 7.49. The molecule has 0 amide bonds. The third-order valence-corrected chi connectivity index (χ3v) is 3.43. The molecule has 0 aromatic rings. The van der Waals surface area contributed by atoms with Gasteiger partial charge in [-0.2, -0.15) is 0 Å². The Morgan fingerprint density at radius 1 is 1.38 bits per heavy atom.